The summed E-state index contributed by atoms with van der Waals surface area (Å²) in [4.78, 5) is 35.6. The summed E-state index contributed by atoms with van der Waals surface area (Å²) in [6.07, 6.45) is 0. The molecule has 0 heterocycles. The van der Waals surface area contributed by atoms with Crippen molar-refractivity contribution in [1.82, 2.24) is 5.32 Å². The van der Waals surface area contributed by atoms with Crippen LogP contribution < -0.4 is 22.1 Å². The highest BCUT2D eigenvalue weighted by atomic mass is 16.2. The monoisotopic (exact) mass is 312 g/mol. The average Bonchev–Trinajstić information content (AvgIpc) is 2.51. The maximum atomic E-state index is 11.9. The number of rotatable bonds is 2. The van der Waals surface area contributed by atoms with E-state index in [1.54, 1.807) is 30.3 Å². The van der Waals surface area contributed by atoms with Crippen molar-refractivity contribution >= 4 is 34.8 Å². The first kappa shape index (κ1) is 16.0. The minimum absolute atomic E-state index is 0.115. The number of anilines is 3. The smallest absolute Gasteiger partial charge is 0.316 e. The van der Waals surface area contributed by atoms with Crippen molar-refractivity contribution in [2.45, 2.75) is 6.92 Å². The molecule has 0 aromatic heterocycles. The van der Waals surface area contributed by atoms with Crippen LogP contribution in [-0.2, 0) is 9.59 Å². The first-order chi connectivity index (χ1) is 10.9. The zero-order valence-electron chi connectivity index (χ0n) is 12.4. The van der Waals surface area contributed by atoms with Gasteiger partial charge in [0.25, 0.3) is 5.91 Å². The molecule has 0 saturated heterocycles. The number of nitrogens with one attached hydrogen (secondary N) is 2. The summed E-state index contributed by atoms with van der Waals surface area (Å²) in [6.45, 7) is 1.82. The van der Waals surface area contributed by atoms with Crippen molar-refractivity contribution in [3.63, 3.8) is 0 Å². The highest BCUT2D eigenvalue weighted by Gasteiger charge is 2.19. The second kappa shape index (κ2) is 6.61. The van der Waals surface area contributed by atoms with E-state index in [0.29, 0.717) is 11.4 Å². The van der Waals surface area contributed by atoms with Crippen LogP contribution in [0.5, 0.6) is 0 Å². The molecule has 6 N–H and O–H groups in total. The SMILES string of the molecule is Cc1ccc(N)c(NC(=O)C(=O)NC(=O)c2ccccc2N)c1. The Morgan fingerprint density at radius 1 is 0.913 bits per heavy atom. The van der Waals surface area contributed by atoms with Crippen LogP contribution in [0.4, 0.5) is 17.1 Å². The van der Waals surface area contributed by atoms with Gasteiger partial charge in [0.15, 0.2) is 0 Å². The van der Waals surface area contributed by atoms with E-state index in [1.165, 1.54) is 12.1 Å². The summed E-state index contributed by atoms with van der Waals surface area (Å²) >= 11 is 0. The number of carbonyl (C=O) groups is 3. The number of para-hydroxylation sites is 1. The summed E-state index contributed by atoms with van der Waals surface area (Å²) in [5.41, 5.74) is 13.2. The molecule has 3 amide bonds. The molecule has 7 nitrogen and oxygen atoms in total. The Morgan fingerprint density at radius 3 is 2.30 bits per heavy atom. The molecule has 118 valence electrons. The summed E-state index contributed by atoms with van der Waals surface area (Å²) in [5, 5.41) is 4.34. The summed E-state index contributed by atoms with van der Waals surface area (Å²) < 4.78 is 0. The second-order valence-electron chi connectivity index (χ2n) is 4.92. The fourth-order valence-electron chi connectivity index (χ4n) is 1.89. The Morgan fingerprint density at radius 2 is 1.61 bits per heavy atom. The quantitative estimate of drug-likeness (QED) is 0.487. The standard InChI is InChI=1S/C16H16N4O3/c1-9-6-7-12(18)13(8-9)19-15(22)16(23)20-14(21)10-4-2-3-5-11(10)17/h2-8H,17-18H2,1H3,(H,19,22)(H,20,21,23). The number of benzene rings is 2. The van der Waals surface area contributed by atoms with Crippen LogP contribution in [0.15, 0.2) is 42.5 Å². The van der Waals surface area contributed by atoms with Crippen LogP contribution in [-0.4, -0.2) is 17.7 Å². The number of carbonyl (C=O) groups excluding carboxylic acids is 3. The van der Waals surface area contributed by atoms with Gasteiger partial charge >= 0.3 is 11.8 Å². The predicted molar refractivity (Wildman–Crippen MR) is 87.5 cm³/mol. The predicted octanol–water partition coefficient (Wildman–Crippen LogP) is 1.05. The lowest BCUT2D eigenvalue weighted by atomic mass is 10.1. The molecule has 7 heteroatoms. The molecular formula is C16H16N4O3. The van der Waals surface area contributed by atoms with Crippen LogP contribution in [0.25, 0.3) is 0 Å². The molecule has 0 saturated carbocycles. The molecule has 2 aromatic carbocycles. The molecule has 2 rings (SSSR count). The lowest BCUT2D eigenvalue weighted by Gasteiger charge is -2.09. The molecule has 0 aliphatic carbocycles. The van der Waals surface area contributed by atoms with Gasteiger partial charge in [0.2, 0.25) is 0 Å². The van der Waals surface area contributed by atoms with E-state index in [0.717, 1.165) is 5.56 Å². The molecule has 0 fully saturated rings. The Balaban J connectivity index is 2.06. The molecule has 0 unspecified atom stereocenters. The molecule has 0 radical (unpaired) electrons. The first-order valence-electron chi connectivity index (χ1n) is 6.76. The van der Waals surface area contributed by atoms with E-state index in [9.17, 15) is 14.4 Å². The van der Waals surface area contributed by atoms with E-state index in [1.807, 2.05) is 12.2 Å². The van der Waals surface area contributed by atoms with Gasteiger partial charge in [-0.2, -0.15) is 0 Å². The van der Waals surface area contributed by atoms with Gasteiger partial charge in [-0.1, -0.05) is 18.2 Å². The molecule has 2 aromatic rings. The van der Waals surface area contributed by atoms with Crippen molar-refractivity contribution in [3.8, 4) is 0 Å². The van der Waals surface area contributed by atoms with Gasteiger partial charge in [0.1, 0.15) is 0 Å². The largest absolute Gasteiger partial charge is 0.398 e. The summed E-state index contributed by atoms with van der Waals surface area (Å²) in [7, 11) is 0. The van der Waals surface area contributed by atoms with Crippen LogP contribution >= 0.6 is 0 Å². The third-order valence-electron chi connectivity index (χ3n) is 3.10. The fourth-order valence-corrected chi connectivity index (χ4v) is 1.89. The number of hydrogen-bond acceptors (Lipinski definition) is 5. The number of nitrogen functional groups attached to an aromatic ring is 2. The van der Waals surface area contributed by atoms with Gasteiger partial charge in [-0.25, -0.2) is 0 Å². The molecule has 0 spiro atoms. The van der Waals surface area contributed by atoms with E-state index in [2.05, 4.69) is 5.32 Å². The molecule has 0 atom stereocenters. The third-order valence-corrected chi connectivity index (χ3v) is 3.10. The Labute approximate surface area is 132 Å². The molecule has 23 heavy (non-hydrogen) atoms. The summed E-state index contributed by atoms with van der Waals surface area (Å²) in [6, 6.07) is 11.2. The van der Waals surface area contributed by atoms with E-state index in [-0.39, 0.29) is 11.3 Å². The number of amides is 3. The van der Waals surface area contributed by atoms with Crippen molar-refractivity contribution in [2.75, 3.05) is 16.8 Å². The lowest BCUT2D eigenvalue weighted by Crippen LogP contribution is -2.39. The Bertz CT molecular complexity index is 787. The number of hydrogen-bond donors (Lipinski definition) is 4. The molecular weight excluding hydrogens is 296 g/mol. The second-order valence-corrected chi connectivity index (χ2v) is 4.92. The number of aryl methyl sites for hydroxylation is 1. The van der Waals surface area contributed by atoms with Gasteiger partial charge in [-0.15, -0.1) is 0 Å². The lowest BCUT2D eigenvalue weighted by molar-refractivity contribution is -0.135. The third kappa shape index (κ3) is 3.85. The van der Waals surface area contributed by atoms with Crippen molar-refractivity contribution in [1.29, 1.82) is 0 Å². The average molecular weight is 312 g/mol. The minimum atomic E-state index is -1.10. The number of imide groups is 1. The topological polar surface area (TPSA) is 127 Å². The van der Waals surface area contributed by atoms with Gasteiger partial charge in [-0.3, -0.25) is 19.7 Å². The molecule has 0 aliphatic rings. The van der Waals surface area contributed by atoms with Gasteiger partial charge in [0.05, 0.1) is 16.9 Å². The maximum Gasteiger partial charge on any atom is 0.316 e. The van der Waals surface area contributed by atoms with Crippen molar-refractivity contribution in [3.05, 3.63) is 53.6 Å². The normalized spacial score (nSPS) is 9.96. The zero-order chi connectivity index (χ0) is 17.0. The van der Waals surface area contributed by atoms with Gasteiger partial charge < -0.3 is 16.8 Å². The van der Waals surface area contributed by atoms with Crippen LogP contribution in [0.1, 0.15) is 15.9 Å². The van der Waals surface area contributed by atoms with Crippen molar-refractivity contribution in [2.24, 2.45) is 0 Å². The van der Waals surface area contributed by atoms with Crippen LogP contribution in [0.3, 0.4) is 0 Å². The number of nitrogens with two attached hydrogens (primary N) is 2. The first-order valence-corrected chi connectivity index (χ1v) is 6.76. The van der Waals surface area contributed by atoms with E-state index in [4.69, 9.17) is 11.5 Å². The van der Waals surface area contributed by atoms with E-state index >= 15 is 0 Å². The molecule has 0 aliphatic heterocycles. The fraction of sp³-hybridized carbons (Fsp3) is 0.0625. The summed E-state index contributed by atoms with van der Waals surface area (Å²) in [5.74, 6) is -2.84. The van der Waals surface area contributed by atoms with Gasteiger partial charge in [0, 0.05) is 5.69 Å². The van der Waals surface area contributed by atoms with E-state index < -0.39 is 17.7 Å². The minimum Gasteiger partial charge on any atom is -0.398 e. The highest BCUT2D eigenvalue weighted by molar-refractivity contribution is 6.42. The Kier molecular flexibility index (Phi) is 4.61. The maximum absolute atomic E-state index is 11.9. The highest BCUT2D eigenvalue weighted by Crippen LogP contribution is 2.19. The van der Waals surface area contributed by atoms with Crippen LogP contribution in [0, 0.1) is 6.92 Å². The van der Waals surface area contributed by atoms with Gasteiger partial charge in [-0.05, 0) is 36.8 Å². The zero-order valence-corrected chi connectivity index (χ0v) is 12.4. The van der Waals surface area contributed by atoms with Crippen LogP contribution in [0.2, 0.25) is 0 Å². The Hall–Kier alpha value is -3.35. The molecule has 0 bridgehead atoms. The van der Waals surface area contributed by atoms with Crippen molar-refractivity contribution < 1.29 is 14.4 Å².